The Bertz CT molecular complexity index is 2170. The molecule has 0 aromatic heterocycles. The first kappa shape index (κ1) is 28.7. The van der Waals surface area contributed by atoms with Crippen LogP contribution in [-0.4, -0.2) is 5.84 Å². The number of rotatable bonds is 5. The lowest BCUT2D eigenvalue weighted by atomic mass is 9.81. The molecule has 0 saturated carbocycles. The molecule has 47 heavy (non-hydrogen) atoms. The number of hydrogen-bond acceptors (Lipinski definition) is 4. The average Bonchev–Trinajstić information content (AvgIpc) is 3.38. The van der Waals surface area contributed by atoms with E-state index in [4.69, 9.17) is 4.99 Å². The van der Waals surface area contributed by atoms with Gasteiger partial charge in [-0.05, 0) is 62.2 Å². The van der Waals surface area contributed by atoms with E-state index >= 15 is 0 Å². The van der Waals surface area contributed by atoms with Crippen LogP contribution in [0.3, 0.4) is 0 Å². The van der Waals surface area contributed by atoms with Crippen molar-refractivity contribution in [3.63, 3.8) is 0 Å². The van der Waals surface area contributed by atoms with Gasteiger partial charge in [0.25, 0.3) is 0 Å². The Labute approximate surface area is 276 Å². The van der Waals surface area contributed by atoms with Crippen molar-refractivity contribution in [1.82, 2.24) is 10.6 Å². The molecule has 0 saturated heterocycles. The maximum absolute atomic E-state index is 9.82. The monoisotopic (exact) mass is 606 g/mol. The summed E-state index contributed by atoms with van der Waals surface area (Å²) in [5.41, 5.74) is 13.3. The van der Waals surface area contributed by atoms with Gasteiger partial charge in [-0.15, -0.1) is 0 Å². The minimum absolute atomic E-state index is 0.150. The minimum atomic E-state index is -0.187. The fraction of sp³-hybridized carbons (Fsp3) is 0.116. The van der Waals surface area contributed by atoms with Crippen molar-refractivity contribution in [2.75, 3.05) is 0 Å². The van der Waals surface area contributed by atoms with Crippen molar-refractivity contribution in [2.24, 2.45) is 4.99 Å². The highest BCUT2D eigenvalue weighted by Gasteiger charge is 2.37. The molecule has 8 rings (SSSR count). The van der Waals surface area contributed by atoms with Crippen LogP contribution in [0.4, 0.5) is 0 Å². The third-order valence-corrected chi connectivity index (χ3v) is 9.65. The van der Waals surface area contributed by atoms with Gasteiger partial charge in [-0.25, -0.2) is 4.99 Å². The first-order valence-electron chi connectivity index (χ1n) is 16.1. The van der Waals surface area contributed by atoms with Crippen LogP contribution in [0.25, 0.3) is 33.4 Å². The SMILES string of the molecule is CC1(C)c2cc(-c3ccc(-c4ccccc4C4NC(c5ccccc5)=NC(c5ccccc5)N4)cc3)ccc2-c2c(C#N)cccc21. The molecule has 226 valence electrons. The van der Waals surface area contributed by atoms with Gasteiger partial charge < -0.3 is 5.32 Å². The topological polar surface area (TPSA) is 60.2 Å². The molecule has 1 heterocycles. The Morgan fingerprint density at radius 3 is 2.06 bits per heavy atom. The fourth-order valence-electron chi connectivity index (χ4n) is 7.18. The Morgan fingerprint density at radius 1 is 0.617 bits per heavy atom. The van der Waals surface area contributed by atoms with Gasteiger partial charge in [0.05, 0.1) is 11.6 Å². The number of aliphatic imine (C=N–C) groups is 1. The van der Waals surface area contributed by atoms with Gasteiger partial charge >= 0.3 is 0 Å². The summed E-state index contributed by atoms with van der Waals surface area (Å²) in [5.74, 6) is 0.872. The van der Waals surface area contributed by atoms with Crippen LogP contribution >= 0.6 is 0 Å². The van der Waals surface area contributed by atoms with Crippen LogP contribution in [0.5, 0.6) is 0 Å². The van der Waals surface area contributed by atoms with Gasteiger partial charge in [0.1, 0.15) is 18.2 Å². The van der Waals surface area contributed by atoms with E-state index in [0.29, 0.717) is 0 Å². The van der Waals surface area contributed by atoms with Gasteiger partial charge in [-0.2, -0.15) is 5.26 Å². The van der Waals surface area contributed by atoms with Crippen LogP contribution < -0.4 is 10.6 Å². The molecule has 6 aromatic carbocycles. The number of nitriles is 1. The van der Waals surface area contributed by atoms with E-state index in [1.165, 1.54) is 22.3 Å². The summed E-state index contributed by atoms with van der Waals surface area (Å²) in [5, 5.41) is 17.3. The molecule has 2 atom stereocenters. The number of nitrogens with zero attached hydrogens (tertiary/aromatic N) is 2. The lowest BCUT2D eigenvalue weighted by Gasteiger charge is -2.33. The number of nitrogens with one attached hydrogen (secondary N) is 2. The summed E-state index contributed by atoms with van der Waals surface area (Å²) in [7, 11) is 0. The molecule has 0 fully saturated rings. The summed E-state index contributed by atoms with van der Waals surface area (Å²) < 4.78 is 0. The number of hydrogen-bond donors (Lipinski definition) is 2. The molecule has 0 radical (unpaired) electrons. The molecule has 1 aliphatic carbocycles. The average molecular weight is 607 g/mol. The van der Waals surface area contributed by atoms with Gasteiger partial charge in [0, 0.05) is 16.5 Å². The second-order valence-electron chi connectivity index (χ2n) is 12.8. The van der Waals surface area contributed by atoms with E-state index in [1.54, 1.807) is 0 Å². The Balaban J connectivity index is 1.13. The van der Waals surface area contributed by atoms with Crippen LogP contribution in [0.2, 0.25) is 0 Å². The fourth-order valence-corrected chi connectivity index (χ4v) is 7.18. The molecule has 0 spiro atoms. The van der Waals surface area contributed by atoms with Crippen molar-refractivity contribution in [2.45, 2.75) is 31.6 Å². The maximum Gasteiger partial charge on any atom is 0.131 e. The third kappa shape index (κ3) is 5.02. The van der Waals surface area contributed by atoms with Crippen molar-refractivity contribution in [3.05, 3.63) is 179 Å². The van der Waals surface area contributed by atoms with Crippen LogP contribution in [-0.2, 0) is 5.41 Å². The van der Waals surface area contributed by atoms with Gasteiger partial charge in [0.15, 0.2) is 0 Å². The Morgan fingerprint density at radius 2 is 1.30 bits per heavy atom. The van der Waals surface area contributed by atoms with Crippen molar-refractivity contribution >= 4 is 5.84 Å². The minimum Gasteiger partial charge on any atom is -0.350 e. The molecule has 2 aliphatic rings. The summed E-state index contributed by atoms with van der Waals surface area (Å²) in [6.07, 6.45) is -0.338. The predicted octanol–water partition coefficient (Wildman–Crippen LogP) is 9.54. The molecule has 0 bridgehead atoms. The molecule has 6 aromatic rings. The van der Waals surface area contributed by atoms with Crippen LogP contribution in [0.15, 0.2) is 151 Å². The Kier molecular flexibility index (Phi) is 7.05. The highest BCUT2D eigenvalue weighted by Crippen LogP contribution is 2.50. The highest BCUT2D eigenvalue weighted by molar-refractivity contribution is 5.99. The molecular weight excluding hydrogens is 573 g/mol. The molecule has 2 N–H and O–H groups in total. The van der Waals surface area contributed by atoms with Crippen LogP contribution in [0.1, 0.15) is 59.6 Å². The zero-order chi connectivity index (χ0) is 32.0. The van der Waals surface area contributed by atoms with Crippen LogP contribution in [0, 0.1) is 11.3 Å². The molecule has 0 amide bonds. The number of benzene rings is 6. The molecule has 1 aliphatic heterocycles. The van der Waals surface area contributed by atoms with Gasteiger partial charge in [-0.3, -0.25) is 5.32 Å². The van der Waals surface area contributed by atoms with E-state index in [9.17, 15) is 5.26 Å². The van der Waals surface area contributed by atoms with E-state index < -0.39 is 0 Å². The van der Waals surface area contributed by atoms with Crippen molar-refractivity contribution in [3.8, 4) is 39.4 Å². The first-order chi connectivity index (χ1) is 23.0. The van der Waals surface area contributed by atoms with E-state index in [2.05, 4.69) is 140 Å². The summed E-state index contributed by atoms with van der Waals surface area (Å²) in [6, 6.07) is 53.4. The van der Waals surface area contributed by atoms with E-state index in [0.717, 1.165) is 50.3 Å². The van der Waals surface area contributed by atoms with Crippen molar-refractivity contribution < 1.29 is 0 Å². The molecule has 2 unspecified atom stereocenters. The summed E-state index contributed by atoms with van der Waals surface area (Å²) in [4.78, 5) is 5.08. The van der Waals surface area contributed by atoms with E-state index in [1.807, 2.05) is 36.4 Å². The maximum atomic E-state index is 9.82. The summed E-state index contributed by atoms with van der Waals surface area (Å²) in [6.45, 7) is 4.51. The van der Waals surface area contributed by atoms with Crippen molar-refractivity contribution in [1.29, 1.82) is 5.26 Å². The predicted molar refractivity (Wildman–Crippen MR) is 191 cm³/mol. The molecular formula is C43H34N4. The number of amidine groups is 1. The standard InChI is InChI=1S/C43H34N4/c1-43(2)37-19-11-16-33(27-44)39(37)36-25-24-32(26-38(36)43)28-20-22-29(23-21-28)34-17-9-10-18-35(34)42-46-40(30-12-5-3-6-13-30)45-41(47-42)31-14-7-4-8-15-31/h3-26,40,42,46H,1-2H3,(H,45,47). The summed E-state index contributed by atoms with van der Waals surface area (Å²) >= 11 is 0. The molecule has 4 heteroatoms. The Hall–Kier alpha value is -5.76. The van der Waals surface area contributed by atoms with Gasteiger partial charge in [0.2, 0.25) is 0 Å². The smallest absolute Gasteiger partial charge is 0.131 e. The third-order valence-electron chi connectivity index (χ3n) is 9.65. The first-order valence-corrected chi connectivity index (χ1v) is 16.1. The normalized spacial score (nSPS) is 17.5. The second-order valence-corrected chi connectivity index (χ2v) is 12.8. The lowest BCUT2D eigenvalue weighted by molar-refractivity contribution is 0.409. The van der Waals surface area contributed by atoms with E-state index in [-0.39, 0.29) is 17.7 Å². The highest BCUT2D eigenvalue weighted by atomic mass is 15.3. The quantitative estimate of drug-likeness (QED) is 0.205. The lowest BCUT2D eigenvalue weighted by Crippen LogP contribution is -2.45. The molecule has 4 nitrogen and oxygen atoms in total. The number of fused-ring (bicyclic) bond motifs is 3. The second kappa shape index (κ2) is 11.6. The zero-order valence-corrected chi connectivity index (χ0v) is 26.4. The van der Waals surface area contributed by atoms with Gasteiger partial charge in [-0.1, -0.05) is 147 Å². The largest absolute Gasteiger partial charge is 0.350 e. The zero-order valence-electron chi connectivity index (χ0n) is 26.4.